The maximum absolute atomic E-state index is 11.1. The summed E-state index contributed by atoms with van der Waals surface area (Å²) in [7, 11) is 0. The number of hydrogen-bond donors (Lipinski definition) is 0. The first-order chi connectivity index (χ1) is 18.5. The summed E-state index contributed by atoms with van der Waals surface area (Å²) in [6.45, 7) is 8.62. The summed E-state index contributed by atoms with van der Waals surface area (Å²) < 4.78 is 9.14. The lowest BCUT2D eigenvalue weighted by Crippen LogP contribution is -2.44. The predicted octanol–water partition coefficient (Wildman–Crippen LogP) is 9.30. The lowest BCUT2D eigenvalue weighted by atomic mass is 9.55. The van der Waals surface area contributed by atoms with Crippen molar-refractivity contribution in [2.45, 2.75) is 84.3 Å². The highest BCUT2D eigenvalue weighted by Crippen LogP contribution is 2.62. The maximum atomic E-state index is 11.1. The van der Waals surface area contributed by atoms with Gasteiger partial charge >= 0.3 is 0 Å². The first kappa shape index (κ1) is 27.4. The summed E-state index contributed by atoms with van der Waals surface area (Å²) in [6.07, 6.45) is 15.0. The number of allylic oxidation sites excluding steroid dienone is 3. The smallest absolute Gasteiger partial charge is 0.108 e. The van der Waals surface area contributed by atoms with Crippen LogP contribution < -0.4 is 0 Å². The van der Waals surface area contributed by atoms with E-state index in [1.165, 1.54) is 47.9 Å². The minimum Gasteiger partial charge on any atom is -0.297 e. The van der Waals surface area contributed by atoms with Crippen LogP contribution in [0.15, 0.2) is 77.5 Å². The second-order valence-electron chi connectivity index (χ2n) is 11.8. The zero-order valence-corrected chi connectivity index (χ0v) is 24.0. The van der Waals surface area contributed by atoms with Gasteiger partial charge in [-0.15, -0.1) is 4.91 Å². The molecule has 0 saturated heterocycles. The highest BCUT2D eigenvalue weighted by atomic mass is 32.2. The van der Waals surface area contributed by atoms with E-state index in [4.69, 9.17) is 4.18 Å². The van der Waals surface area contributed by atoms with Gasteiger partial charge in [-0.3, -0.25) is 4.18 Å². The molecular formula is C33H42N2O2S. The molecule has 0 bridgehead atoms. The van der Waals surface area contributed by atoms with Gasteiger partial charge in [0.25, 0.3) is 0 Å². The molecule has 5 unspecified atom stereocenters. The van der Waals surface area contributed by atoms with E-state index in [9.17, 15) is 4.91 Å². The number of hydrogen-bond acceptors (Lipinski definition) is 5. The molecule has 4 nitrogen and oxygen atoms in total. The Morgan fingerprint density at radius 3 is 2.79 bits per heavy atom. The minimum atomic E-state index is 0.225. The Morgan fingerprint density at radius 2 is 2.00 bits per heavy atom. The number of benzene rings is 2. The summed E-state index contributed by atoms with van der Waals surface area (Å²) in [5.41, 5.74) is 6.27. The Labute approximate surface area is 233 Å². The lowest BCUT2D eigenvalue weighted by molar-refractivity contribution is -0.00454. The molecular weight excluding hydrogens is 488 g/mol. The third kappa shape index (κ3) is 5.85. The molecule has 0 spiro atoms. The summed E-state index contributed by atoms with van der Waals surface area (Å²) in [5, 5.41) is 3.17. The van der Waals surface area contributed by atoms with Gasteiger partial charge in [0.1, 0.15) is 5.69 Å². The van der Waals surface area contributed by atoms with Gasteiger partial charge in [0, 0.05) is 13.1 Å². The van der Waals surface area contributed by atoms with Crippen molar-refractivity contribution in [2.75, 3.05) is 6.54 Å². The molecule has 3 aliphatic rings. The largest absolute Gasteiger partial charge is 0.297 e. The fourth-order valence-electron chi connectivity index (χ4n) is 7.44. The first-order valence-corrected chi connectivity index (χ1v) is 15.1. The van der Waals surface area contributed by atoms with Crippen molar-refractivity contribution in [1.29, 1.82) is 0 Å². The van der Waals surface area contributed by atoms with Crippen LogP contribution in [0.4, 0.5) is 5.69 Å². The molecule has 2 aromatic rings. The number of nitroso groups, excluding NO2 is 1. The highest BCUT2D eigenvalue weighted by molar-refractivity contribution is 7.92. The van der Waals surface area contributed by atoms with E-state index >= 15 is 0 Å². The molecule has 2 fully saturated rings. The van der Waals surface area contributed by atoms with E-state index in [2.05, 4.69) is 84.9 Å². The van der Waals surface area contributed by atoms with Crippen LogP contribution in [0, 0.1) is 22.2 Å². The molecule has 0 N–H and O–H groups in total. The van der Waals surface area contributed by atoms with Crippen molar-refractivity contribution in [2.24, 2.45) is 22.4 Å². The van der Waals surface area contributed by atoms with Crippen molar-refractivity contribution >= 4 is 17.9 Å². The maximum Gasteiger partial charge on any atom is 0.108 e. The average molecular weight is 531 g/mol. The van der Waals surface area contributed by atoms with Crippen molar-refractivity contribution in [3.05, 3.63) is 93.9 Å². The third-order valence-corrected chi connectivity index (χ3v) is 10.2. The number of aryl methyl sites for hydroxylation is 1. The zero-order chi connectivity index (χ0) is 26.5. The van der Waals surface area contributed by atoms with Gasteiger partial charge in [-0.05, 0) is 109 Å². The van der Waals surface area contributed by atoms with Crippen LogP contribution in [0.2, 0.25) is 0 Å². The molecule has 0 aliphatic heterocycles. The molecule has 0 heterocycles. The minimum absolute atomic E-state index is 0.225. The average Bonchev–Trinajstić information content (AvgIpc) is 3.28. The molecule has 2 saturated carbocycles. The molecule has 0 amide bonds. The molecule has 0 aromatic heterocycles. The Morgan fingerprint density at radius 1 is 1.16 bits per heavy atom. The van der Waals surface area contributed by atoms with Crippen LogP contribution in [0.25, 0.3) is 0 Å². The number of rotatable bonds is 10. The second kappa shape index (κ2) is 12.3. The van der Waals surface area contributed by atoms with E-state index in [0.29, 0.717) is 23.4 Å². The highest BCUT2D eigenvalue weighted by Gasteiger charge is 2.55. The summed E-state index contributed by atoms with van der Waals surface area (Å²) in [6, 6.07) is 16.8. The van der Waals surface area contributed by atoms with E-state index in [-0.39, 0.29) is 11.5 Å². The van der Waals surface area contributed by atoms with Crippen LogP contribution in [0.5, 0.6) is 0 Å². The molecule has 2 aromatic carbocycles. The van der Waals surface area contributed by atoms with Crippen LogP contribution in [-0.4, -0.2) is 17.0 Å². The van der Waals surface area contributed by atoms with Crippen LogP contribution in [-0.2, 0) is 17.1 Å². The van der Waals surface area contributed by atoms with Crippen LogP contribution >= 0.6 is 12.2 Å². The molecule has 0 radical (unpaired) electrons. The zero-order valence-electron chi connectivity index (χ0n) is 23.1. The topological polar surface area (TPSA) is 41.9 Å². The van der Waals surface area contributed by atoms with Crippen molar-refractivity contribution in [3.63, 3.8) is 0 Å². The van der Waals surface area contributed by atoms with Gasteiger partial charge in [-0.2, -0.15) is 0 Å². The van der Waals surface area contributed by atoms with Crippen LogP contribution in [0.3, 0.4) is 0 Å². The van der Waals surface area contributed by atoms with Crippen molar-refractivity contribution in [1.82, 2.24) is 4.31 Å². The van der Waals surface area contributed by atoms with Gasteiger partial charge in [-0.25, -0.2) is 4.31 Å². The molecule has 5 heteroatoms. The van der Waals surface area contributed by atoms with E-state index in [0.717, 1.165) is 32.4 Å². The number of nitrogens with zero attached hydrogens (tertiary/aromatic N) is 2. The van der Waals surface area contributed by atoms with E-state index in [1.807, 2.05) is 12.1 Å². The normalized spacial score (nSPS) is 28.8. The van der Waals surface area contributed by atoms with Gasteiger partial charge < -0.3 is 0 Å². The Hall–Kier alpha value is -2.21. The molecule has 38 heavy (non-hydrogen) atoms. The molecule has 202 valence electrons. The van der Waals surface area contributed by atoms with Gasteiger partial charge in [-0.1, -0.05) is 74.0 Å². The van der Waals surface area contributed by atoms with Crippen molar-refractivity contribution < 1.29 is 4.18 Å². The summed E-state index contributed by atoms with van der Waals surface area (Å²) >= 11 is 1.59. The Bertz CT molecular complexity index is 1160. The third-order valence-electron chi connectivity index (χ3n) is 9.37. The van der Waals surface area contributed by atoms with Gasteiger partial charge in [0.2, 0.25) is 0 Å². The van der Waals surface area contributed by atoms with Gasteiger partial charge in [0.05, 0.1) is 18.3 Å². The standard InChI is InChI=1S/C33H42N2O2S/c1-4-5-7-10-24(2)22-35(23-25-11-8-6-9-12-25)38-37-32-18-17-31-30-15-13-26-21-27(34-36)14-16-28(26)29(30)19-20-33(31,32)3/h5-12,14,16,21,29-32H,4,13,15,17-20,22-23H2,1-3H3/b7-5-,24-10+. The number of fused-ring (bicyclic) bond motifs is 5. The lowest BCUT2D eigenvalue weighted by Gasteiger charge is -2.50. The van der Waals surface area contributed by atoms with Gasteiger partial charge in [0.15, 0.2) is 0 Å². The summed E-state index contributed by atoms with van der Waals surface area (Å²) in [4.78, 5) is 11.1. The fourth-order valence-corrected chi connectivity index (χ4v) is 8.44. The molecule has 3 aliphatic carbocycles. The summed E-state index contributed by atoms with van der Waals surface area (Å²) in [5.74, 6) is 2.03. The molecule has 5 atom stereocenters. The SMILES string of the molecule is CC/C=C\C=C(/C)CN(Cc1ccccc1)SOC1CCC2C3CCc4cc(N=O)ccc4C3CCC12C. The van der Waals surface area contributed by atoms with E-state index in [1.54, 1.807) is 12.2 Å². The van der Waals surface area contributed by atoms with Crippen molar-refractivity contribution in [3.8, 4) is 0 Å². The molecule has 5 rings (SSSR count). The quantitative estimate of drug-likeness (QED) is 0.133. The van der Waals surface area contributed by atoms with E-state index < -0.39 is 0 Å². The predicted molar refractivity (Wildman–Crippen MR) is 159 cm³/mol. The fraction of sp³-hybridized carbons (Fsp3) is 0.515. The van der Waals surface area contributed by atoms with Crippen LogP contribution in [0.1, 0.15) is 81.9 Å². The Balaban J connectivity index is 1.27. The Kier molecular flexibility index (Phi) is 8.87. The first-order valence-electron chi connectivity index (χ1n) is 14.4. The second-order valence-corrected chi connectivity index (χ2v) is 12.7. The monoisotopic (exact) mass is 530 g/mol.